The lowest BCUT2D eigenvalue weighted by molar-refractivity contribution is -0.384. The van der Waals surface area contributed by atoms with Gasteiger partial charge in [0.2, 0.25) is 0 Å². The minimum atomic E-state index is -3.75. The van der Waals surface area contributed by atoms with Crippen molar-refractivity contribution in [2.45, 2.75) is 4.90 Å². The number of nitrogens with one attached hydrogen (secondary N) is 2. The maximum Gasteiger partial charge on any atom is 0.271 e. The van der Waals surface area contributed by atoms with E-state index in [0.29, 0.717) is 11.4 Å². The van der Waals surface area contributed by atoms with Crippen molar-refractivity contribution >= 4 is 33.0 Å². The molecule has 0 unspecified atom stereocenters. The van der Waals surface area contributed by atoms with Crippen molar-refractivity contribution < 1.29 is 22.9 Å². The van der Waals surface area contributed by atoms with E-state index < -0.39 is 20.9 Å². The van der Waals surface area contributed by atoms with Crippen LogP contribution in [-0.4, -0.2) is 25.9 Å². The number of nitro groups is 1. The van der Waals surface area contributed by atoms with E-state index in [1.54, 1.807) is 30.3 Å². The van der Waals surface area contributed by atoms with Gasteiger partial charge >= 0.3 is 0 Å². The van der Waals surface area contributed by atoms with Crippen molar-refractivity contribution in [1.82, 2.24) is 0 Å². The predicted molar refractivity (Wildman–Crippen MR) is 111 cm³/mol. The third-order valence-corrected chi connectivity index (χ3v) is 5.27. The van der Waals surface area contributed by atoms with Crippen molar-refractivity contribution in [2.24, 2.45) is 0 Å². The molecule has 0 spiro atoms. The molecule has 0 fully saturated rings. The summed E-state index contributed by atoms with van der Waals surface area (Å²) in [6.07, 6.45) is 0. The second-order valence-corrected chi connectivity index (χ2v) is 7.77. The molecule has 30 heavy (non-hydrogen) atoms. The van der Waals surface area contributed by atoms with Gasteiger partial charge in [0.15, 0.2) is 6.61 Å². The highest BCUT2D eigenvalue weighted by Gasteiger charge is 2.14. The monoisotopic (exact) mass is 427 g/mol. The van der Waals surface area contributed by atoms with Crippen LogP contribution in [0, 0.1) is 10.1 Å². The quantitative estimate of drug-likeness (QED) is 0.419. The molecule has 0 bridgehead atoms. The van der Waals surface area contributed by atoms with Gasteiger partial charge in [-0.15, -0.1) is 0 Å². The average Bonchev–Trinajstić information content (AvgIpc) is 2.73. The van der Waals surface area contributed by atoms with E-state index in [1.807, 2.05) is 0 Å². The Hall–Kier alpha value is -3.92. The van der Waals surface area contributed by atoms with Gasteiger partial charge in [-0.2, -0.15) is 0 Å². The van der Waals surface area contributed by atoms with Crippen molar-refractivity contribution in [2.75, 3.05) is 16.6 Å². The summed E-state index contributed by atoms with van der Waals surface area (Å²) >= 11 is 0. The lowest BCUT2D eigenvalue weighted by Gasteiger charge is -2.10. The number of carbonyl (C=O) groups excluding carboxylic acids is 1. The minimum absolute atomic E-state index is 0.0414. The molecule has 0 aliphatic rings. The van der Waals surface area contributed by atoms with Crippen LogP contribution in [-0.2, 0) is 14.8 Å². The van der Waals surface area contributed by atoms with Crippen LogP contribution in [0.15, 0.2) is 83.8 Å². The number of carbonyl (C=O) groups is 1. The van der Waals surface area contributed by atoms with Crippen LogP contribution in [0.4, 0.5) is 17.1 Å². The fraction of sp³-hybridized carbons (Fsp3) is 0.0500. The molecule has 0 saturated carbocycles. The van der Waals surface area contributed by atoms with Gasteiger partial charge in [-0.05, 0) is 42.5 Å². The first-order valence-electron chi connectivity index (χ1n) is 8.68. The zero-order valence-electron chi connectivity index (χ0n) is 15.5. The van der Waals surface area contributed by atoms with Crippen molar-refractivity contribution in [3.63, 3.8) is 0 Å². The smallest absolute Gasteiger partial charge is 0.271 e. The van der Waals surface area contributed by atoms with Gasteiger partial charge in [0.25, 0.3) is 21.6 Å². The first-order chi connectivity index (χ1) is 14.3. The number of non-ortho nitro benzene ring substituents is 1. The van der Waals surface area contributed by atoms with E-state index >= 15 is 0 Å². The summed E-state index contributed by atoms with van der Waals surface area (Å²) in [5.74, 6) is -0.221. The molecule has 0 aromatic heterocycles. The molecule has 0 radical (unpaired) electrons. The largest absolute Gasteiger partial charge is 0.484 e. The molecule has 0 aliphatic heterocycles. The number of rotatable bonds is 8. The summed E-state index contributed by atoms with van der Waals surface area (Å²) in [7, 11) is -3.75. The van der Waals surface area contributed by atoms with E-state index in [1.165, 1.54) is 48.5 Å². The highest BCUT2D eigenvalue weighted by molar-refractivity contribution is 7.92. The number of para-hydroxylation sites is 1. The van der Waals surface area contributed by atoms with Crippen LogP contribution in [0.25, 0.3) is 0 Å². The van der Waals surface area contributed by atoms with E-state index in [9.17, 15) is 23.3 Å². The summed E-state index contributed by atoms with van der Waals surface area (Å²) in [6.45, 7) is -0.350. The van der Waals surface area contributed by atoms with Crippen LogP contribution in [0.3, 0.4) is 0 Å². The Morgan fingerprint density at radius 2 is 1.60 bits per heavy atom. The number of benzene rings is 3. The van der Waals surface area contributed by atoms with Gasteiger partial charge in [-0.1, -0.05) is 24.3 Å². The molecule has 3 rings (SSSR count). The molecule has 1 amide bonds. The van der Waals surface area contributed by atoms with E-state index in [2.05, 4.69) is 10.0 Å². The number of anilines is 2. The third kappa shape index (κ3) is 5.55. The van der Waals surface area contributed by atoms with Gasteiger partial charge in [0.05, 0.1) is 9.82 Å². The van der Waals surface area contributed by atoms with Crippen LogP contribution >= 0.6 is 0 Å². The maximum absolute atomic E-state index is 12.4. The Bertz CT molecular complexity index is 1150. The molecule has 0 aliphatic carbocycles. The molecule has 10 heteroatoms. The molecule has 0 saturated heterocycles. The molecular weight excluding hydrogens is 410 g/mol. The van der Waals surface area contributed by atoms with Crippen LogP contribution in [0.2, 0.25) is 0 Å². The highest BCUT2D eigenvalue weighted by Crippen LogP contribution is 2.20. The second-order valence-electron chi connectivity index (χ2n) is 6.09. The van der Waals surface area contributed by atoms with Gasteiger partial charge < -0.3 is 10.1 Å². The molecule has 9 nitrogen and oxygen atoms in total. The fourth-order valence-corrected chi connectivity index (χ4v) is 3.54. The third-order valence-electron chi connectivity index (χ3n) is 3.87. The van der Waals surface area contributed by atoms with Crippen molar-refractivity contribution in [1.29, 1.82) is 0 Å². The van der Waals surface area contributed by atoms with E-state index in [0.717, 1.165) is 0 Å². The molecule has 3 aromatic carbocycles. The van der Waals surface area contributed by atoms with Crippen LogP contribution < -0.4 is 14.8 Å². The SMILES string of the molecule is O=C(COc1ccc(S(=O)(=O)Nc2ccccc2)cc1)Nc1cccc([N+](=O)[O-])c1. The zero-order valence-corrected chi connectivity index (χ0v) is 16.3. The predicted octanol–water partition coefficient (Wildman–Crippen LogP) is 3.41. The first kappa shape index (κ1) is 20.8. The van der Waals surface area contributed by atoms with Gasteiger partial charge in [0.1, 0.15) is 5.75 Å². The molecular formula is C20H17N3O6S. The Kier molecular flexibility index (Phi) is 6.28. The molecule has 154 valence electrons. The average molecular weight is 427 g/mol. The molecule has 3 aromatic rings. The number of hydrogen-bond donors (Lipinski definition) is 2. The highest BCUT2D eigenvalue weighted by atomic mass is 32.2. The number of nitrogens with zero attached hydrogens (tertiary/aromatic N) is 1. The van der Waals surface area contributed by atoms with Crippen molar-refractivity contribution in [3.05, 3.63) is 89.0 Å². The summed E-state index contributed by atoms with van der Waals surface area (Å²) in [5, 5.41) is 13.3. The van der Waals surface area contributed by atoms with E-state index in [4.69, 9.17) is 4.74 Å². The van der Waals surface area contributed by atoms with Gasteiger partial charge in [-0.25, -0.2) is 8.42 Å². The Morgan fingerprint density at radius 1 is 0.933 bits per heavy atom. The number of ether oxygens (including phenoxy) is 1. The topological polar surface area (TPSA) is 128 Å². The zero-order chi connectivity index (χ0) is 21.6. The lowest BCUT2D eigenvalue weighted by atomic mass is 10.3. The number of hydrogen-bond acceptors (Lipinski definition) is 6. The summed E-state index contributed by atoms with van der Waals surface area (Å²) < 4.78 is 32.6. The Balaban J connectivity index is 1.57. The first-order valence-corrected chi connectivity index (χ1v) is 10.2. The standard InChI is InChI=1S/C20H17N3O6S/c24-20(21-16-7-4-8-17(13-16)23(25)26)14-29-18-9-11-19(12-10-18)30(27,28)22-15-5-2-1-3-6-15/h1-13,22H,14H2,(H,21,24). The Labute approximate surface area is 172 Å². The van der Waals surface area contributed by atoms with Gasteiger partial charge in [-0.3, -0.25) is 19.6 Å². The normalized spacial score (nSPS) is 10.8. The maximum atomic E-state index is 12.4. The number of nitro benzene ring substituents is 1. The summed E-state index contributed by atoms with van der Waals surface area (Å²) in [5.41, 5.74) is 0.566. The summed E-state index contributed by atoms with van der Waals surface area (Å²) in [6, 6.07) is 19.6. The van der Waals surface area contributed by atoms with Crippen LogP contribution in [0.1, 0.15) is 0 Å². The molecule has 0 atom stereocenters. The second kappa shape index (κ2) is 9.05. The number of sulfonamides is 1. The van der Waals surface area contributed by atoms with Gasteiger partial charge in [0, 0.05) is 23.5 Å². The van der Waals surface area contributed by atoms with Crippen LogP contribution in [0.5, 0.6) is 5.75 Å². The lowest BCUT2D eigenvalue weighted by Crippen LogP contribution is -2.20. The molecule has 0 heterocycles. The van der Waals surface area contributed by atoms with E-state index in [-0.39, 0.29) is 22.9 Å². The van der Waals surface area contributed by atoms with Crippen molar-refractivity contribution in [3.8, 4) is 5.75 Å². The Morgan fingerprint density at radius 3 is 2.27 bits per heavy atom. The number of amides is 1. The molecule has 2 N–H and O–H groups in total. The fourth-order valence-electron chi connectivity index (χ4n) is 2.48. The summed E-state index contributed by atoms with van der Waals surface area (Å²) in [4.78, 5) is 22.2. The minimum Gasteiger partial charge on any atom is -0.484 e.